The van der Waals surface area contributed by atoms with Gasteiger partial charge in [-0.2, -0.15) is 0 Å². The average molecular weight is 248 g/mol. The van der Waals surface area contributed by atoms with Crippen LogP contribution in [0, 0.1) is 0 Å². The summed E-state index contributed by atoms with van der Waals surface area (Å²) in [5.74, 6) is -1.75. The molecular formula is C9H7Cl2NO3. The van der Waals surface area contributed by atoms with Gasteiger partial charge in [0.25, 0.3) is 0 Å². The quantitative estimate of drug-likeness (QED) is 0.806. The van der Waals surface area contributed by atoms with Crippen molar-refractivity contribution in [3.05, 3.63) is 28.8 Å². The number of benzene rings is 1. The average Bonchev–Trinajstić information content (AvgIpc) is 2.20. The zero-order valence-corrected chi connectivity index (χ0v) is 8.97. The lowest BCUT2D eigenvalue weighted by Crippen LogP contribution is -2.13. The smallest absolute Gasteiger partial charge is 0.335 e. The van der Waals surface area contributed by atoms with E-state index >= 15 is 0 Å². The molecule has 80 valence electrons. The number of carbonyl (C=O) groups is 2. The molecule has 0 fully saturated rings. The summed E-state index contributed by atoms with van der Waals surface area (Å²) in [6, 6.07) is 4.02. The Hall–Kier alpha value is -1.26. The molecule has 0 saturated carbocycles. The number of alkyl halides is 1. The number of hydrogen-bond acceptors (Lipinski definition) is 2. The van der Waals surface area contributed by atoms with Crippen LogP contribution in [0.1, 0.15) is 10.4 Å². The molecule has 15 heavy (non-hydrogen) atoms. The van der Waals surface area contributed by atoms with Crippen LogP contribution in [0.25, 0.3) is 0 Å². The fourth-order valence-electron chi connectivity index (χ4n) is 0.938. The maximum Gasteiger partial charge on any atom is 0.335 e. The summed E-state index contributed by atoms with van der Waals surface area (Å²) in [5.41, 5.74) is 0.284. The Morgan fingerprint density at radius 2 is 2.07 bits per heavy atom. The molecule has 2 N–H and O–H groups in total. The van der Waals surface area contributed by atoms with Crippen LogP contribution >= 0.6 is 23.2 Å². The molecule has 0 bridgehead atoms. The van der Waals surface area contributed by atoms with Gasteiger partial charge in [0.15, 0.2) is 0 Å². The normalized spacial score (nSPS) is 9.73. The van der Waals surface area contributed by atoms with Crippen molar-refractivity contribution in [2.75, 3.05) is 11.2 Å². The van der Waals surface area contributed by atoms with Crippen molar-refractivity contribution < 1.29 is 14.7 Å². The first-order valence-electron chi connectivity index (χ1n) is 3.93. The topological polar surface area (TPSA) is 66.4 Å². The van der Waals surface area contributed by atoms with Gasteiger partial charge in [0.1, 0.15) is 5.88 Å². The van der Waals surface area contributed by atoms with E-state index < -0.39 is 11.9 Å². The maximum absolute atomic E-state index is 11.0. The van der Waals surface area contributed by atoms with E-state index in [9.17, 15) is 9.59 Å². The third kappa shape index (κ3) is 3.11. The molecule has 0 aromatic heterocycles. The largest absolute Gasteiger partial charge is 0.478 e. The molecule has 0 saturated heterocycles. The second-order valence-corrected chi connectivity index (χ2v) is 3.36. The molecular weight excluding hydrogens is 241 g/mol. The second-order valence-electron chi connectivity index (χ2n) is 2.68. The van der Waals surface area contributed by atoms with E-state index in [1.165, 1.54) is 18.2 Å². The van der Waals surface area contributed by atoms with E-state index in [0.717, 1.165) is 0 Å². The minimum atomic E-state index is -1.09. The predicted octanol–water partition coefficient (Wildman–Crippen LogP) is 2.22. The van der Waals surface area contributed by atoms with Crippen molar-refractivity contribution >= 4 is 40.8 Å². The van der Waals surface area contributed by atoms with Crippen molar-refractivity contribution in [3.8, 4) is 0 Å². The standard InChI is InChI=1S/C9H7Cl2NO3/c10-4-8(13)12-7-3-5(9(14)15)1-2-6(7)11/h1-3H,4H2,(H,12,13)(H,14,15). The monoisotopic (exact) mass is 247 g/mol. The summed E-state index contributed by atoms with van der Waals surface area (Å²) < 4.78 is 0. The number of amides is 1. The molecule has 1 aromatic rings. The molecule has 0 aliphatic rings. The summed E-state index contributed by atoms with van der Waals surface area (Å²) >= 11 is 11.0. The zero-order valence-electron chi connectivity index (χ0n) is 7.46. The van der Waals surface area contributed by atoms with Gasteiger partial charge in [-0.05, 0) is 18.2 Å². The van der Waals surface area contributed by atoms with E-state index in [-0.39, 0.29) is 22.2 Å². The van der Waals surface area contributed by atoms with Crippen molar-refractivity contribution in [2.45, 2.75) is 0 Å². The first-order chi connectivity index (χ1) is 7.04. The number of anilines is 1. The number of rotatable bonds is 3. The second kappa shape index (κ2) is 5.00. The molecule has 1 rings (SSSR count). The zero-order chi connectivity index (χ0) is 11.4. The number of halogens is 2. The van der Waals surface area contributed by atoms with Gasteiger partial charge in [-0.15, -0.1) is 11.6 Å². The molecule has 0 unspecified atom stereocenters. The van der Waals surface area contributed by atoms with Crippen LogP contribution in [0.5, 0.6) is 0 Å². The number of carboxylic acid groups (broad SMARTS) is 1. The number of aromatic carboxylic acids is 1. The van der Waals surface area contributed by atoms with Crippen molar-refractivity contribution in [1.82, 2.24) is 0 Å². The molecule has 0 atom stereocenters. The highest BCUT2D eigenvalue weighted by Crippen LogP contribution is 2.23. The molecule has 4 nitrogen and oxygen atoms in total. The Labute approximate surface area is 95.8 Å². The number of hydrogen-bond donors (Lipinski definition) is 2. The SMILES string of the molecule is O=C(CCl)Nc1cc(C(=O)O)ccc1Cl. The fourth-order valence-corrected chi connectivity index (χ4v) is 1.17. The summed E-state index contributed by atoms with van der Waals surface area (Å²) in [6.07, 6.45) is 0. The minimum Gasteiger partial charge on any atom is -0.478 e. The van der Waals surface area contributed by atoms with Crippen LogP contribution in [0.15, 0.2) is 18.2 Å². The highest BCUT2D eigenvalue weighted by molar-refractivity contribution is 6.34. The first-order valence-corrected chi connectivity index (χ1v) is 4.84. The summed E-state index contributed by atoms with van der Waals surface area (Å²) in [7, 11) is 0. The molecule has 0 aliphatic heterocycles. The lowest BCUT2D eigenvalue weighted by molar-refractivity contribution is -0.113. The predicted molar refractivity (Wildman–Crippen MR) is 57.8 cm³/mol. The Morgan fingerprint density at radius 1 is 1.40 bits per heavy atom. The third-order valence-corrected chi connectivity index (χ3v) is 2.18. The maximum atomic E-state index is 11.0. The van der Waals surface area contributed by atoms with Crippen LogP contribution in [0.2, 0.25) is 5.02 Å². The van der Waals surface area contributed by atoms with E-state index in [1.807, 2.05) is 0 Å². The molecule has 1 aromatic carbocycles. The van der Waals surface area contributed by atoms with Crippen LogP contribution in [-0.4, -0.2) is 22.9 Å². The van der Waals surface area contributed by atoms with Crippen LogP contribution in [0.3, 0.4) is 0 Å². The van der Waals surface area contributed by atoms with Gasteiger partial charge in [0.2, 0.25) is 5.91 Å². The van der Waals surface area contributed by atoms with Crippen LogP contribution in [0.4, 0.5) is 5.69 Å². The van der Waals surface area contributed by atoms with Gasteiger partial charge in [0.05, 0.1) is 16.3 Å². The molecule has 0 radical (unpaired) electrons. The molecule has 0 heterocycles. The molecule has 6 heteroatoms. The number of carbonyl (C=O) groups excluding carboxylic acids is 1. The van der Waals surface area contributed by atoms with Crippen molar-refractivity contribution in [2.24, 2.45) is 0 Å². The fraction of sp³-hybridized carbons (Fsp3) is 0.111. The van der Waals surface area contributed by atoms with Crippen LogP contribution in [-0.2, 0) is 4.79 Å². The summed E-state index contributed by atoms with van der Waals surface area (Å²) in [5, 5.41) is 11.4. The van der Waals surface area contributed by atoms with Gasteiger partial charge in [0, 0.05) is 0 Å². The Morgan fingerprint density at radius 3 is 2.60 bits per heavy atom. The first kappa shape index (κ1) is 11.8. The Bertz CT molecular complexity index is 406. The number of nitrogens with one attached hydrogen (secondary N) is 1. The summed E-state index contributed by atoms with van der Waals surface area (Å²) in [6.45, 7) is 0. The Balaban J connectivity index is 3.00. The van der Waals surface area contributed by atoms with Gasteiger partial charge >= 0.3 is 5.97 Å². The van der Waals surface area contributed by atoms with Gasteiger partial charge in [-0.3, -0.25) is 4.79 Å². The molecule has 1 amide bonds. The highest BCUT2D eigenvalue weighted by atomic mass is 35.5. The van der Waals surface area contributed by atoms with Gasteiger partial charge in [-0.1, -0.05) is 11.6 Å². The van der Waals surface area contributed by atoms with E-state index in [1.54, 1.807) is 0 Å². The van der Waals surface area contributed by atoms with E-state index in [0.29, 0.717) is 0 Å². The molecule has 0 aliphatic carbocycles. The van der Waals surface area contributed by atoms with Crippen molar-refractivity contribution in [1.29, 1.82) is 0 Å². The lowest BCUT2D eigenvalue weighted by atomic mass is 10.2. The lowest BCUT2D eigenvalue weighted by Gasteiger charge is -2.06. The van der Waals surface area contributed by atoms with Gasteiger partial charge < -0.3 is 10.4 Å². The van der Waals surface area contributed by atoms with E-state index in [2.05, 4.69) is 5.32 Å². The third-order valence-electron chi connectivity index (χ3n) is 1.61. The van der Waals surface area contributed by atoms with Crippen LogP contribution < -0.4 is 5.32 Å². The van der Waals surface area contributed by atoms with Crippen molar-refractivity contribution in [3.63, 3.8) is 0 Å². The van der Waals surface area contributed by atoms with E-state index in [4.69, 9.17) is 28.3 Å². The number of carboxylic acids is 1. The summed E-state index contributed by atoms with van der Waals surface area (Å²) in [4.78, 5) is 21.6. The minimum absolute atomic E-state index is 0.0456. The van der Waals surface area contributed by atoms with Gasteiger partial charge in [-0.25, -0.2) is 4.79 Å². The highest BCUT2D eigenvalue weighted by Gasteiger charge is 2.09. The Kier molecular flexibility index (Phi) is 3.94. The molecule has 0 spiro atoms.